The van der Waals surface area contributed by atoms with Crippen LogP contribution in [0.15, 0.2) is 0 Å². The van der Waals surface area contributed by atoms with Crippen LogP contribution in [0.5, 0.6) is 0 Å². The molecule has 120 valence electrons. The highest BCUT2D eigenvalue weighted by molar-refractivity contribution is 4.82. The predicted octanol–water partition coefficient (Wildman–Crippen LogP) is 5.32. The SMILES string of the molecule is CCCCC(CC)CC(O)C1CCCC(C(F)(F)F)C1. The van der Waals surface area contributed by atoms with Crippen LogP contribution in [0.4, 0.5) is 13.2 Å². The van der Waals surface area contributed by atoms with Crippen LogP contribution in [0.25, 0.3) is 0 Å². The number of aliphatic hydroxyl groups excluding tert-OH is 1. The molecule has 0 amide bonds. The Hall–Kier alpha value is -0.250. The zero-order chi connectivity index (χ0) is 15.2. The van der Waals surface area contributed by atoms with Gasteiger partial charge in [-0.3, -0.25) is 0 Å². The van der Waals surface area contributed by atoms with Gasteiger partial charge < -0.3 is 5.11 Å². The van der Waals surface area contributed by atoms with Crippen LogP contribution in [0.1, 0.15) is 71.6 Å². The van der Waals surface area contributed by atoms with Crippen LogP contribution in [0.2, 0.25) is 0 Å². The molecule has 1 aliphatic rings. The van der Waals surface area contributed by atoms with Gasteiger partial charge in [0.25, 0.3) is 0 Å². The van der Waals surface area contributed by atoms with Gasteiger partial charge in [-0.2, -0.15) is 13.2 Å². The minimum absolute atomic E-state index is 0.120. The van der Waals surface area contributed by atoms with E-state index in [2.05, 4.69) is 13.8 Å². The normalized spacial score (nSPS) is 27.3. The first-order valence-electron chi connectivity index (χ1n) is 8.13. The molecule has 4 heteroatoms. The molecule has 0 bridgehead atoms. The summed E-state index contributed by atoms with van der Waals surface area (Å²) in [6.07, 6.45) is 2.09. The maximum Gasteiger partial charge on any atom is 0.391 e. The van der Waals surface area contributed by atoms with Gasteiger partial charge >= 0.3 is 6.18 Å². The number of halogens is 3. The van der Waals surface area contributed by atoms with E-state index in [1.165, 1.54) is 0 Å². The van der Waals surface area contributed by atoms with Crippen molar-refractivity contribution >= 4 is 0 Å². The number of rotatable bonds is 7. The first kappa shape index (κ1) is 17.8. The first-order valence-corrected chi connectivity index (χ1v) is 8.13. The molecule has 1 aliphatic carbocycles. The lowest BCUT2D eigenvalue weighted by molar-refractivity contribution is -0.189. The van der Waals surface area contributed by atoms with Crippen molar-refractivity contribution in [1.29, 1.82) is 0 Å². The molecule has 1 nitrogen and oxygen atoms in total. The molecule has 20 heavy (non-hydrogen) atoms. The fourth-order valence-electron chi connectivity index (χ4n) is 3.39. The van der Waals surface area contributed by atoms with E-state index in [9.17, 15) is 18.3 Å². The van der Waals surface area contributed by atoms with Crippen molar-refractivity contribution < 1.29 is 18.3 Å². The molecule has 0 saturated heterocycles. The molecular formula is C16H29F3O. The molecule has 0 aromatic heterocycles. The Morgan fingerprint density at radius 1 is 1.20 bits per heavy atom. The molecule has 1 rings (SSSR count). The average molecular weight is 294 g/mol. The average Bonchev–Trinajstić information content (AvgIpc) is 2.42. The predicted molar refractivity (Wildman–Crippen MR) is 75.4 cm³/mol. The fraction of sp³-hybridized carbons (Fsp3) is 1.00. The third-order valence-corrected chi connectivity index (χ3v) is 4.84. The standard InChI is InChI=1S/C16H29F3O/c1-3-5-7-12(4-2)10-15(20)13-8-6-9-14(11-13)16(17,18)19/h12-15,20H,3-11H2,1-2H3. The Balaban J connectivity index is 2.47. The zero-order valence-corrected chi connectivity index (χ0v) is 12.8. The molecule has 4 unspecified atom stereocenters. The molecule has 0 spiro atoms. The second-order valence-electron chi connectivity index (χ2n) is 6.38. The van der Waals surface area contributed by atoms with E-state index in [0.717, 1.165) is 32.1 Å². The Kier molecular flexibility index (Phi) is 7.35. The van der Waals surface area contributed by atoms with Crippen LogP contribution >= 0.6 is 0 Å². The molecule has 0 aromatic rings. The van der Waals surface area contributed by atoms with Crippen molar-refractivity contribution in [2.24, 2.45) is 17.8 Å². The van der Waals surface area contributed by atoms with Crippen LogP contribution < -0.4 is 0 Å². The van der Waals surface area contributed by atoms with Crippen LogP contribution in [-0.2, 0) is 0 Å². The summed E-state index contributed by atoms with van der Waals surface area (Å²) in [5, 5.41) is 10.3. The highest BCUT2D eigenvalue weighted by atomic mass is 19.4. The second-order valence-corrected chi connectivity index (χ2v) is 6.38. The lowest BCUT2D eigenvalue weighted by atomic mass is 9.76. The summed E-state index contributed by atoms with van der Waals surface area (Å²) in [6, 6.07) is 0. The van der Waals surface area contributed by atoms with Gasteiger partial charge in [-0.1, -0.05) is 46.0 Å². The van der Waals surface area contributed by atoms with E-state index >= 15 is 0 Å². The topological polar surface area (TPSA) is 20.2 Å². The lowest BCUT2D eigenvalue weighted by Gasteiger charge is -2.34. The summed E-state index contributed by atoms with van der Waals surface area (Å²) < 4.78 is 38.4. The number of unbranched alkanes of at least 4 members (excludes halogenated alkanes) is 1. The van der Waals surface area contributed by atoms with E-state index in [-0.39, 0.29) is 18.8 Å². The quantitative estimate of drug-likeness (QED) is 0.673. The maximum absolute atomic E-state index is 12.8. The van der Waals surface area contributed by atoms with Crippen molar-refractivity contribution in [2.45, 2.75) is 83.9 Å². The smallest absolute Gasteiger partial charge is 0.391 e. The Labute approximate surface area is 120 Å². The summed E-state index contributed by atoms with van der Waals surface area (Å²) in [7, 11) is 0. The minimum Gasteiger partial charge on any atom is -0.393 e. The van der Waals surface area contributed by atoms with Gasteiger partial charge in [0.05, 0.1) is 12.0 Å². The van der Waals surface area contributed by atoms with Crippen LogP contribution in [0.3, 0.4) is 0 Å². The third kappa shape index (κ3) is 5.63. The van der Waals surface area contributed by atoms with Gasteiger partial charge in [0.2, 0.25) is 0 Å². The van der Waals surface area contributed by atoms with Crippen molar-refractivity contribution in [1.82, 2.24) is 0 Å². The molecule has 1 N–H and O–H groups in total. The first-order chi connectivity index (χ1) is 9.38. The molecule has 1 saturated carbocycles. The van der Waals surface area contributed by atoms with Crippen molar-refractivity contribution in [3.05, 3.63) is 0 Å². The van der Waals surface area contributed by atoms with E-state index < -0.39 is 18.2 Å². The van der Waals surface area contributed by atoms with Gasteiger partial charge in [0.15, 0.2) is 0 Å². The number of hydrogen-bond donors (Lipinski definition) is 1. The largest absolute Gasteiger partial charge is 0.393 e. The molecule has 0 radical (unpaired) electrons. The number of hydrogen-bond acceptors (Lipinski definition) is 1. The van der Waals surface area contributed by atoms with Crippen LogP contribution in [0, 0.1) is 17.8 Å². The van der Waals surface area contributed by atoms with E-state index in [0.29, 0.717) is 18.8 Å². The zero-order valence-electron chi connectivity index (χ0n) is 12.8. The Morgan fingerprint density at radius 3 is 2.45 bits per heavy atom. The monoisotopic (exact) mass is 294 g/mol. The Morgan fingerprint density at radius 2 is 1.90 bits per heavy atom. The molecular weight excluding hydrogens is 265 g/mol. The summed E-state index contributed by atoms with van der Waals surface area (Å²) >= 11 is 0. The van der Waals surface area contributed by atoms with E-state index in [4.69, 9.17) is 0 Å². The van der Waals surface area contributed by atoms with Crippen molar-refractivity contribution in [3.63, 3.8) is 0 Å². The summed E-state index contributed by atoms with van der Waals surface area (Å²) in [5.41, 5.74) is 0. The second kappa shape index (κ2) is 8.26. The van der Waals surface area contributed by atoms with Gasteiger partial charge in [-0.25, -0.2) is 0 Å². The molecule has 0 heterocycles. The van der Waals surface area contributed by atoms with Crippen molar-refractivity contribution in [3.8, 4) is 0 Å². The summed E-state index contributed by atoms with van der Waals surface area (Å²) in [4.78, 5) is 0. The summed E-state index contributed by atoms with van der Waals surface area (Å²) in [6.45, 7) is 4.24. The fourth-order valence-corrected chi connectivity index (χ4v) is 3.39. The number of aliphatic hydroxyl groups is 1. The number of alkyl halides is 3. The summed E-state index contributed by atoms with van der Waals surface area (Å²) in [5.74, 6) is -0.908. The highest BCUT2D eigenvalue weighted by Crippen LogP contribution is 2.41. The molecule has 1 fully saturated rings. The molecule has 4 atom stereocenters. The minimum atomic E-state index is -4.09. The maximum atomic E-state index is 12.8. The molecule has 0 aliphatic heterocycles. The third-order valence-electron chi connectivity index (χ3n) is 4.84. The highest BCUT2D eigenvalue weighted by Gasteiger charge is 2.43. The van der Waals surface area contributed by atoms with Crippen molar-refractivity contribution in [2.75, 3.05) is 0 Å². The van der Waals surface area contributed by atoms with E-state index in [1.54, 1.807) is 0 Å². The Bertz CT molecular complexity index is 265. The lowest BCUT2D eigenvalue weighted by Crippen LogP contribution is -2.34. The van der Waals surface area contributed by atoms with Gasteiger partial charge in [0, 0.05) is 0 Å². The van der Waals surface area contributed by atoms with E-state index in [1.807, 2.05) is 0 Å². The molecule has 0 aromatic carbocycles. The van der Waals surface area contributed by atoms with Crippen LogP contribution in [-0.4, -0.2) is 17.4 Å². The van der Waals surface area contributed by atoms with Gasteiger partial charge in [-0.15, -0.1) is 0 Å². The van der Waals surface area contributed by atoms with Gasteiger partial charge in [0.1, 0.15) is 0 Å². The van der Waals surface area contributed by atoms with Gasteiger partial charge in [-0.05, 0) is 37.5 Å².